The van der Waals surface area contributed by atoms with E-state index in [9.17, 15) is 4.79 Å². The van der Waals surface area contributed by atoms with Crippen LogP contribution in [0.1, 0.15) is 26.7 Å². The van der Waals surface area contributed by atoms with Crippen LogP contribution in [-0.4, -0.2) is 24.5 Å². The van der Waals surface area contributed by atoms with Crippen LogP contribution >= 0.6 is 0 Å². The van der Waals surface area contributed by atoms with Gasteiger partial charge in [0.25, 0.3) is 0 Å². The Bertz CT molecular complexity index is 249. The summed E-state index contributed by atoms with van der Waals surface area (Å²) in [5.41, 5.74) is -0.755. The van der Waals surface area contributed by atoms with Gasteiger partial charge in [0.2, 0.25) is 5.91 Å². The van der Waals surface area contributed by atoms with Crippen molar-refractivity contribution in [1.29, 1.82) is 5.26 Å². The highest BCUT2D eigenvalue weighted by atomic mass is 16.2. The van der Waals surface area contributed by atoms with Crippen LogP contribution in [0.4, 0.5) is 0 Å². The number of rotatable bonds is 2. The van der Waals surface area contributed by atoms with E-state index < -0.39 is 5.54 Å². The van der Waals surface area contributed by atoms with E-state index in [0.29, 0.717) is 0 Å². The molecule has 1 aliphatic heterocycles. The van der Waals surface area contributed by atoms with Crippen LogP contribution in [-0.2, 0) is 4.79 Å². The number of hydrogen-bond donors (Lipinski definition) is 2. The first-order valence-corrected chi connectivity index (χ1v) is 4.99. The van der Waals surface area contributed by atoms with Crippen molar-refractivity contribution in [1.82, 2.24) is 10.6 Å². The molecule has 0 saturated carbocycles. The molecule has 4 heteroatoms. The molecule has 0 aromatic heterocycles. The lowest BCUT2D eigenvalue weighted by Gasteiger charge is -2.25. The van der Waals surface area contributed by atoms with E-state index in [1.807, 2.05) is 0 Å². The zero-order valence-electron chi connectivity index (χ0n) is 8.76. The van der Waals surface area contributed by atoms with Gasteiger partial charge < -0.3 is 10.6 Å². The van der Waals surface area contributed by atoms with Crippen molar-refractivity contribution < 1.29 is 4.79 Å². The topological polar surface area (TPSA) is 64.9 Å². The van der Waals surface area contributed by atoms with Gasteiger partial charge in [0.1, 0.15) is 5.54 Å². The van der Waals surface area contributed by atoms with E-state index in [0.717, 1.165) is 25.9 Å². The molecule has 0 aliphatic carbocycles. The highest BCUT2D eigenvalue weighted by Crippen LogP contribution is 2.11. The number of nitrogens with one attached hydrogen (secondary N) is 2. The standard InChI is InChI=1S/C10H17N3O/c1-10(2,7-11)13-9(14)8-4-3-5-12-6-8/h8,12H,3-6H2,1-2H3,(H,13,14). The summed E-state index contributed by atoms with van der Waals surface area (Å²) in [6.45, 7) is 5.14. The van der Waals surface area contributed by atoms with E-state index >= 15 is 0 Å². The molecule has 1 heterocycles. The third kappa shape index (κ3) is 3.00. The smallest absolute Gasteiger partial charge is 0.225 e. The first kappa shape index (κ1) is 11.0. The molecule has 0 radical (unpaired) electrons. The number of carbonyl (C=O) groups excluding carboxylic acids is 1. The molecule has 0 aromatic carbocycles. The number of carbonyl (C=O) groups is 1. The Balaban J connectivity index is 2.45. The largest absolute Gasteiger partial charge is 0.338 e. The fraction of sp³-hybridized carbons (Fsp3) is 0.800. The molecular formula is C10H17N3O. The molecule has 4 nitrogen and oxygen atoms in total. The minimum absolute atomic E-state index is 0.0104. The van der Waals surface area contributed by atoms with Crippen LogP contribution in [0, 0.1) is 17.2 Å². The summed E-state index contributed by atoms with van der Waals surface area (Å²) in [4.78, 5) is 11.7. The van der Waals surface area contributed by atoms with Crippen molar-refractivity contribution in [2.75, 3.05) is 13.1 Å². The second kappa shape index (κ2) is 4.43. The monoisotopic (exact) mass is 195 g/mol. The van der Waals surface area contributed by atoms with Crippen LogP contribution in [0.25, 0.3) is 0 Å². The Morgan fingerprint density at radius 2 is 2.36 bits per heavy atom. The lowest BCUT2D eigenvalue weighted by molar-refractivity contribution is -0.126. The Hall–Kier alpha value is -1.08. The molecule has 1 unspecified atom stereocenters. The second-order valence-electron chi connectivity index (χ2n) is 4.27. The number of nitrogens with zero attached hydrogens (tertiary/aromatic N) is 1. The van der Waals surface area contributed by atoms with Crippen LogP contribution in [0.3, 0.4) is 0 Å². The summed E-state index contributed by atoms with van der Waals surface area (Å²) in [7, 11) is 0. The molecule has 78 valence electrons. The third-order valence-electron chi connectivity index (χ3n) is 2.38. The normalized spacial score (nSPS) is 22.5. The highest BCUT2D eigenvalue weighted by molar-refractivity contribution is 5.80. The van der Waals surface area contributed by atoms with Crippen LogP contribution < -0.4 is 10.6 Å². The number of hydrogen-bond acceptors (Lipinski definition) is 3. The maximum absolute atomic E-state index is 11.7. The minimum atomic E-state index is -0.755. The molecular weight excluding hydrogens is 178 g/mol. The molecule has 0 spiro atoms. The maximum Gasteiger partial charge on any atom is 0.225 e. The quantitative estimate of drug-likeness (QED) is 0.670. The van der Waals surface area contributed by atoms with Gasteiger partial charge in [-0.15, -0.1) is 0 Å². The number of amides is 1. The second-order valence-corrected chi connectivity index (χ2v) is 4.27. The zero-order chi connectivity index (χ0) is 10.6. The maximum atomic E-state index is 11.7. The highest BCUT2D eigenvalue weighted by Gasteiger charge is 2.26. The SMILES string of the molecule is CC(C)(C#N)NC(=O)C1CCCNC1. The average molecular weight is 195 g/mol. The predicted octanol–water partition coefficient (Wildman–Crippen LogP) is 0.404. The Labute approximate surface area is 84.7 Å². The van der Waals surface area contributed by atoms with Crippen LogP contribution in [0.15, 0.2) is 0 Å². The van der Waals surface area contributed by atoms with Crippen molar-refractivity contribution in [2.24, 2.45) is 5.92 Å². The summed E-state index contributed by atoms with van der Waals surface area (Å²) in [5.74, 6) is 0.0140. The molecule has 1 aliphatic rings. The van der Waals surface area contributed by atoms with Gasteiger partial charge in [-0.2, -0.15) is 5.26 Å². The molecule has 1 atom stereocenters. The first-order chi connectivity index (χ1) is 6.55. The minimum Gasteiger partial charge on any atom is -0.338 e. The van der Waals surface area contributed by atoms with Crippen molar-refractivity contribution >= 4 is 5.91 Å². The van der Waals surface area contributed by atoms with Gasteiger partial charge in [-0.3, -0.25) is 4.79 Å². The molecule has 1 saturated heterocycles. The van der Waals surface area contributed by atoms with E-state index in [-0.39, 0.29) is 11.8 Å². The molecule has 14 heavy (non-hydrogen) atoms. The Kier molecular flexibility index (Phi) is 3.48. The summed E-state index contributed by atoms with van der Waals surface area (Å²) < 4.78 is 0. The first-order valence-electron chi connectivity index (χ1n) is 4.99. The summed E-state index contributed by atoms with van der Waals surface area (Å²) in [6, 6.07) is 2.06. The molecule has 1 rings (SSSR count). The predicted molar refractivity (Wildman–Crippen MR) is 53.4 cm³/mol. The summed E-state index contributed by atoms with van der Waals surface area (Å²) in [6.07, 6.45) is 1.95. The summed E-state index contributed by atoms with van der Waals surface area (Å²) >= 11 is 0. The van der Waals surface area contributed by atoms with Gasteiger partial charge in [0.15, 0.2) is 0 Å². The van der Waals surface area contributed by atoms with Crippen LogP contribution in [0.5, 0.6) is 0 Å². The average Bonchev–Trinajstić information content (AvgIpc) is 2.19. The zero-order valence-corrected chi connectivity index (χ0v) is 8.76. The number of piperidine rings is 1. The van der Waals surface area contributed by atoms with Gasteiger partial charge >= 0.3 is 0 Å². The van der Waals surface area contributed by atoms with Gasteiger partial charge in [-0.25, -0.2) is 0 Å². The van der Waals surface area contributed by atoms with E-state index in [1.54, 1.807) is 13.8 Å². The molecule has 2 N–H and O–H groups in total. The molecule has 0 bridgehead atoms. The van der Waals surface area contributed by atoms with Gasteiger partial charge in [0.05, 0.1) is 12.0 Å². The summed E-state index contributed by atoms with van der Waals surface area (Å²) in [5, 5.41) is 14.7. The van der Waals surface area contributed by atoms with Gasteiger partial charge in [0, 0.05) is 6.54 Å². The molecule has 0 aromatic rings. The van der Waals surface area contributed by atoms with Crippen molar-refractivity contribution in [2.45, 2.75) is 32.2 Å². The van der Waals surface area contributed by atoms with Crippen molar-refractivity contribution in [3.8, 4) is 6.07 Å². The lowest BCUT2D eigenvalue weighted by atomic mass is 9.97. The molecule has 1 amide bonds. The molecule has 1 fully saturated rings. The van der Waals surface area contributed by atoms with Crippen molar-refractivity contribution in [3.63, 3.8) is 0 Å². The third-order valence-corrected chi connectivity index (χ3v) is 2.38. The Morgan fingerprint density at radius 3 is 2.86 bits per heavy atom. The van der Waals surface area contributed by atoms with Gasteiger partial charge in [-0.05, 0) is 33.2 Å². The fourth-order valence-electron chi connectivity index (χ4n) is 1.51. The fourth-order valence-corrected chi connectivity index (χ4v) is 1.51. The Morgan fingerprint density at radius 1 is 1.64 bits per heavy atom. The van der Waals surface area contributed by atoms with E-state index in [2.05, 4.69) is 16.7 Å². The van der Waals surface area contributed by atoms with Crippen molar-refractivity contribution in [3.05, 3.63) is 0 Å². The van der Waals surface area contributed by atoms with E-state index in [4.69, 9.17) is 5.26 Å². The lowest BCUT2D eigenvalue weighted by Crippen LogP contribution is -2.48. The number of nitriles is 1. The van der Waals surface area contributed by atoms with Crippen LogP contribution in [0.2, 0.25) is 0 Å². The van der Waals surface area contributed by atoms with Gasteiger partial charge in [-0.1, -0.05) is 0 Å². The van der Waals surface area contributed by atoms with E-state index in [1.165, 1.54) is 0 Å².